The van der Waals surface area contributed by atoms with Gasteiger partial charge in [0.2, 0.25) is 0 Å². The summed E-state index contributed by atoms with van der Waals surface area (Å²) in [4.78, 5) is 11.1. The normalized spacial score (nSPS) is 10.7. The first kappa shape index (κ1) is 12.1. The van der Waals surface area contributed by atoms with Crippen molar-refractivity contribution in [1.29, 1.82) is 0 Å². The van der Waals surface area contributed by atoms with E-state index in [0.717, 1.165) is 16.7 Å². The van der Waals surface area contributed by atoms with Gasteiger partial charge in [-0.25, -0.2) is 0 Å². The Morgan fingerprint density at radius 2 is 1.33 bits per heavy atom. The zero-order chi connectivity index (χ0) is 13.0. The maximum atomic E-state index is 11.1. The highest BCUT2D eigenvalue weighted by Gasteiger charge is 1.96. The minimum Gasteiger partial charge on any atom is -0.508 e. The van der Waals surface area contributed by atoms with Gasteiger partial charge in [0.25, 0.3) is 0 Å². The molecule has 2 aromatic rings. The summed E-state index contributed by atoms with van der Waals surface area (Å²) in [5.41, 5.74) is 2.77. The van der Waals surface area contributed by atoms with Crippen LogP contribution in [-0.2, 0) is 0 Å². The summed E-state index contributed by atoms with van der Waals surface area (Å²) in [6, 6.07) is 14.4. The smallest absolute Gasteiger partial charge is 0.159 e. The Labute approximate surface area is 106 Å². The average molecular weight is 238 g/mol. The second-order valence-electron chi connectivity index (χ2n) is 4.10. The van der Waals surface area contributed by atoms with Crippen molar-refractivity contribution in [3.8, 4) is 5.75 Å². The summed E-state index contributed by atoms with van der Waals surface area (Å²) in [7, 11) is 0. The number of carbonyl (C=O) groups is 1. The number of aromatic hydroxyl groups is 1. The number of hydrogen-bond acceptors (Lipinski definition) is 2. The third kappa shape index (κ3) is 3.08. The molecule has 18 heavy (non-hydrogen) atoms. The molecule has 0 aliphatic rings. The van der Waals surface area contributed by atoms with Gasteiger partial charge in [-0.3, -0.25) is 4.79 Å². The van der Waals surface area contributed by atoms with E-state index in [-0.39, 0.29) is 11.5 Å². The zero-order valence-electron chi connectivity index (χ0n) is 10.1. The molecule has 2 nitrogen and oxygen atoms in total. The molecule has 0 amide bonds. The molecule has 2 aromatic carbocycles. The largest absolute Gasteiger partial charge is 0.508 e. The predicted molar refractivity (Wildman–Crippen MR) is 73.5 cm³/mol. The van der Waals surface area contributed by atoms with Crippen molar-refractivity contribution in [2.24, 2.45) is 0 Å². The fourth-order valence-corrected chi connectivity index (χ4v) is 1.61. The Hall–Kier alpha value is -2.35. The van der Waals surface area contributed by atoms with Gasteiger partial charge >= 0.3 is 0 Å². The van der Waals surface area contributed by atoms with Gasteiger partial charge in [-0.05, 0) is 30.2 Å². The van der Waals surface area contributed by atoms with Crippen LogP contribution in [0.3, 0.4) is 0 Å². The minimum absolute atomic E-state index is 0.0732. The van der Waals surface area contributed by atoms with E-state index in [1.807, 2.05) is 48.6 Å². The molecule has 0 heterocycles. The highest BCUT2D eigenvalue weighted by atomic mass is 16.3. The Morgan fingerprint density at radius 1 is 0.889 bits per heavy atom. The molecule has 0 aliphatic heterocycles. The summed E-state index contributed by atoms with van der Waals surface area (Å²) in [6.45, 7) is 1.56. The number of phenolic OH excluding ortho intramolecular Hbond substituents is 1. The highest BCUT2D eigenvalue weighted by Crippen LogP contribution is 2.13. The topological polar surface area (TPSA) is 37.3 Å². The standard InChI is InChI=1S/C16H14O2/c1-12(17)15-8-4-13(5-9-15)2-3-14-6-10-16(18)11-7-14/h2-11,18H,1H3/b3-2+. The van der Waals surface area contributed by atoms with E-state index in [1.165, 1.54) is 0 Å². The molecule has 0 saturated carbocycles. The van der Waals surface area contributed by atoms with Crippen LogP contribution in [-0.4, -0.2) is 10.9 Å². The van der Waals surface area contributed by atoms with Crippen molar-refractivity contribution in [3.63, 3.8) is 0 Å². The Bertz CT molecular complexity index is 563. The predicted octanol–water partition coefficient (Wildman–Crippen LogP) is 3.77. The Morgan fingerprint density at radius 3 is 1.78 bits per heavy atom. The summed E-state index contributed by atoms with van der Waals surface area (Å²) >= 11 is 0. The molecule has 0 aromatic heterocycles. The van der Waals surface area contributed by atoms with E-state index in [2.05, 4.69) is 0 Å². The molecule has 0 atom stereocenters. The molecular formula is C16H14O2. The molecule has 2 heteroatoms. The quantitative estimate of drug-likeness (QED) is 0.653. The van der Waals surface area contributed by atoms with E-state index < -0.39 is 0 Å². The number of hydrogen-bond donors (Lipinski definition) is 1. The second kappa shape index (κ2) is 5.32. The van der Waals surface area contributed by atoms with Crippen LogP contribution in [0.1, 0.15) is 28.4 Å². The van der Waals surface area contributed by atoms with Crippen LogP contribution in [0.2, 0.25) is 0 Å². The van der Waals surface area contributed by atoms with Crippen LogP contribution in [0.15, 0.2) is 48.5 Å². The monoisotopic (exact) mass is 238 g/mol. The van der Waals surface area contributed by atoms with Gasteiger partial charge < -0.3 is 5.11 Å². The average Bonchev–Trinajstić information content (AvgIpc) is 2.38. The minimum atomic E-state index is 0.0732. The molecule has 0 bridgehead atoms. The van der Waals surface area contributed by atoms with Gasteiger partial charge in [0.05, 0.1) is 0 Å². The van der Waals surface area contributed by atoms with Crippen molar-refractivity contribution in [3.05, 3.63) is 65.2 Å². The molecule has 1 N–H and O–H groups in total. The molecular weight excluding hydrogens is 224 g/mol. The van der Waals surface area contributed by atoms with Crippen LogP contribution >= 0.6 is 0 Å². The SMILES string of the molecule is CC(=O)c1ccc(/C=C/c2ccc(O)cc2)cc1. The molecule has 90 valence electrons. The summed E-state index contributed by atoms with van der Waals surface area (Å²) in [5.74, 6) is 0.335. The first-order chi connectivity index (χ1) is 8.65. The molecule has 0 radical (unpaired) electrons. The summed E-state index contributed by atoms with van der Waals surface area (Å²) in [5, 5.41) is 9.17. The van der Waals surface area contributed by atoms with Crippen LogP contribution < -0.4 is 0 Å². The van der Waals surface area contributed by atoms with Crippen LogP contribution in [0.4, 0.5) is 0 Å². The van der Waals surface area contributed by atoms with Crippen molar-refractivity contribution >= 4 is 17.9 Å². The van der Waals surface area contributed by atoms with Gasteiger partial charge in [-0.1, -0.05) is 48.6 Å². The van der Waals surface area contributed by atoms with Crippen LogP contribution in [0.5, 0.6) is 5.75 Å². The Kier molecular flexibility index (Phi) is 3.58. The zero-order valence-corrected chi connectivity index (χ0v) is 10.1. The van der Waals surface area contributed by atoms with E-state index in [4.69, 9.17) is 5.11 Å². The van der Waals surface area contributed by atoms with Crippen molar-refractivity contribution < 1.29 is 9.90 Å². The van der Waals surface area contributed by atoms with Crippen molar-refractivity contribution in [2.75, 3.05) is 0 Å². The van der Waals surface area contributed by atoms with E-state index in [9.17, 15) is 4.79 Å². The lowest BCUT2D eigenvalue weighted by Gasteiger charge is -1.97. The van der Waals surface area contributed by atoms with Crippen molar-refractivity contribution in [2.45, 2.75) is 6.92 Å². The van der Waals surface area contributed by atoms with E-state index >= 15 is 0 Å². The maximum Gasteiger partial charge on any atom is 0.159 e. The van der Waals surface area contributed by atoms with Crippen LogP contribution in [0.25, 0.3) is 12.2 Å². The number of benzene rings is 2. The first-order valence-corrected chi connectivity index (χ1v) is 5.73. The third-order valence-electron chi connectivity index (χ3n) is 2.68. The molecule has 0 saturated heterocycles. The molecule has 0 fully saturated rings. The van der Waals surface area contributed by atoms with Crippen LogP contribution in [0, 0.1) is 0 Å². The summed E-state index contributed by atoms with van der Waals surface area (Å²) in [6.07, 6.45) is 3.93. The molecule has 0 unspecified atom stereocenters. The highest BCUT2D eigenvalue weighted by molar-refractivity contribution is 5.94. The molecule has 2 rings (SSSR count). The lowest BCUT2D eigenvalue weighted by molar-refractivity contribution is 0.101. The molecule has 0 spiro atoms. The summed E-state index contributed by atoms with van der Waals surface area (Å²) < 4.78 is 0. The third-order valence-corrected chi connectivity index (χ3v) is 2.68. The number of rotatable bonds is 3. The molecule has 0 aliphatic carbocycles. The fourth-order valence-electron chi connectivity index (χ4n) is 1.61. The number of ketones is 1. The number of Topliss-reactive ketones (excluding diaryl/α,β-unsaturated/α-hetero) is 1. The fraction of sp³-hybridized carbons (Fsp3) is 0.0625. The van der Waals surface area contributed by atoms with Gasteiger partial charge in [0, 0.05) is 5.56 Å². The lowest BCUT2D eigenvalue weighted by Crippen LogP contribution is -1.90. The van der Waals surface area contributed by atoms with Gasteiger partial charge in [0.1, 0.15) is 5.75 Å². The van der Waals surface area contributed by atoms with Gasteiger partial charge in [0.15, 0.2) is 5.78 Å². The number of phenols is 1. The lowest BCUT2D eigenvalue weighted by atomic mass is 10.1. The maximum absolute atomic E-state index is 11.1. The Balaban J connectivity index is 2.13. The van der Waals surface area contributed by atoms with Crippen molar-refractivity contribution in [1.82, 2.24) is 0 Å². The van der Waals surface area contributed by atoms with E-state index in [0.29, 0.717) is 0 Å². The van der Waals surface area contributed by atoms with E-state index in [1.54, 1.807) is 19.1 Å². The second-order valence-corrected chi connectivity index (χ2v) is 4.10. The number of carbonyl (C=O) groups excluding carboxylic acids is 1. The first-order valence-electron chi connectivity index (χ1n) is 5.73. The van der Waals surface area contributed by atoms with Gasteiger partial charge in [-0.2, -0.15) is 0 Å². The van der Waals surface area contributed by atoms with Gasteiger partial charge in [-0.15, -0.1) is 0 Å².